The molecule has 0 aliphatic carbocycles. The number of nitrogens with zero attached hydrogens (tertiary/aromatic N) is 3. The second-order valence-corrected chi connectivity index (χ2v) is 4.92. The Morgan fingerprint density at radius 2 is 1.83 bits per heavy atom. The largest absolute Gasteiger partial charge is 0.347 e. The first kappa shape index (κ1) is 14.9. The quantitative estimate of drug-likeness (QED) is 0.688. The van der Waals surface area contributed by atoms with Crippen molar-refractivity contribution < 1.29 is 9.59 Å². The summed E-state index contributed by atoms with van der Waals surface area (Å²) in [5, 5.41) is 3.30. The molecule has 0 aromatic heterocycles. The van der Waals surface area contributed by atoms with E-state index in [4.69, 9.17) is 0 Å². The van der Waals surface area contributed by atoms with Gasteiger partial charge in [-0.3, -0.25) is 14.5 Å². The van der Waals surface area contributed by atoms with Gasteiger partial charge in [0.1, 0.15) is 0 Å². The molecule has 1 fully saturated rings. The average molecular weight is 256 g/mol. The van der Waals surface area contributed by atoms with Gasteiger partial charge in [0, 0.05) is 34.2 Å². The van der Waals surface area contributed by atoms with Crippen molar-refractivity contribution in [2.24, 2.45) is 0 Å². The first-order valence-corrected chi connectivity index (χ1v) is 6.38. The van der Waals surface area contributed by atoms with Crippen LogP contribution in [-0.4, -0.2) is 86.9 Å². The van der Waals surface area contributed by atoms with Gasteiger partial charge in [-0.2, -0.15) is 0 Å². The molecule has 0 spiro atoms. The zero-order valence-corrected chi connectivity index (χ0v) is 11.6. The zero-order chi connectivity index (χ0) is 13.5. The van der Waals surface area contributed by atoms with Crippen LogP contribution in [0, 0.1) is 0 Å². The van der Waals surface area contributed by atoms with E-state index in [1.807, 2.05) is 0 Å². The van der Waals surface area contributed by atoms with Crippen molar-refractivity contribution in [2.45, 2.75) is 6.42 Å². The summed E-state index contributed by atoms with van der Waals surface area (Å²) in [7, 11) is 5.07. The van der Waals surface area contributed by atoms with Crippen LogP contribution in [0.4, 0.5) is 0 Å². The average Bonchev–Trinajstić information content (AvgIpc) is 2.57. The number of hydrogen-bond donors (Lipinski definition) is 1. The number of carbonyl (C=O) groups excluding carboxylic acids is 2. The number of rotatable bonds is 4. The fourth-order valence-corrected chi connectivity index (χ4v) is 1.80. The normalized spacial score (nSPS) is 17.1. The number of likely N-dealkylation sites (N-methyl/N-ethyl adjacent to an activating group) is 2. The molecular weight excluding hydrogens is 232 g/mol. The van der Waals surface area contributed by atoms with Crippen molar-refractivity contribution in [3.8, 4) is 0 Å². The molecule has 1 aliphatic rings. The molecule has 0 unspecified atom stereocenters. The van der Waals surface area contributed by atoms with E-state index in [1.54, 1.807) is 21.1 Å². The molecule has 104 valence electrons. The van der Waals surface area contributed by atoms with Gasteiger partial charge in [0.2, 0.25) is 11.8 Å². The Morgan fingerprint density at radius 3 is 2.50 bits per heavy atom. The van der Waals surface area contributed by atoms with Crippen molar-refractivity contribution >= 4 is 11.8 Å². The van der Waals surface area contributed by atoms with E-state index in [2.05, 4.69) is 10.2 Å². The molecule has 1 aliphatic heterocycles. The summed E-state index contributed by atoms with van der Waals surface area (Å²) in [4.78, 5) is 28.6. The minimum atomic E-state index is -0.0524. The molecule has 1 rings (SSSR count). The van der Waals surface area contributed by atoms with Gasteiger partial charge in [-0.25, -0.2) is 0 Å². The van der Waals surface area contributed by atoms with E-state index < -0.39 is 0 Å². The minimum absolute atomic E-state index is 0.00657. The molecular formula is C12H24N4O2. The number of carbonyl (C=O) groups is 2. The molecule has 1 N–H and O–H groups in total. The highest BCUT2D eigenvalue weighted by Crippen LogP contribution is 1.97. The predicted molar refractivity (Wildman–Crippen MR) is 70.3 cm³/mol. The Hall–Kier alpha value is -1.14. The van der Waals surface area contributed by atoms with Crippen molar-refractivity contribution in [3.63, 3.8) is 0 Å². The summed E-state index contributed by atoms with van der Waals surface area (Å²) >= 11 is 0. The van der Waals surface area contributed by atoms with Crippen molar-refractivity contribution in [3.05, 3.63) is 0 Å². The second kappa shape index (κ2) is 7.33. The van der Waals surface area contributed by atoms with Crippen LogP contribution in [0.25, 0.3) is 0 Å². The Bertz CT molecular complexity index is 286. The Kier molecular flexibility index (Phi) is 6.07. The number of amides is 2. The van der Waals surface area contributed by atoms with Gasteiger partial charge in [-0.05, 0) is 19.5 Å². The van der Waals surface area contributed by atoms with Gasteiger partial charge in [0.25, 0.3) is 0 Å². The van der Waals surface area contributed by atoms with Gasteiger partial charge < -0.3 is 15.1 Å². The summed E-state index contributed by atoms with van der Waals surface area (Å²) in [6.07, 6.45) is 1.06. The molecule has 2 amide bonds. The van der Waals surface area contributed by atoms with Gasteiger partial charge in [-0.1, -0.05) is 0 Å². The Labute approximate surface area is 109 Å². The van der Waals surface area contributed by atoms with E-state index >= 15 is 0 Å². The lowest BCUT2D eigenvalue weighted by Gasteiger charge is -2.24. The van der Waals surface area contributed by atoms with Gasteiger partial charge in [0.05, 0.1) is 13.1 Å². The lowest BCUT2D eigenvalue weighted by molar-refractivity contribution is -0.138. The summed E-state index contributed by atoms with van der Waals surface area (Å²) in [5.41, 5.74) is 0. The lowest BCUT2D eigenvalue weighted by atomic mass is 10.3. The summed E-state index contributed by atoms with van der Waals surface area (Å²) in [6, 6.07) is 0. The monoisotopic (exact) mass is 256 g/mol. The van der Waals surface area contributed by atoms with Crippen LogP contribution < -0.4 is 5.32 Å². The number of hydrogen-bond acceptors (Lipinski definition) is 4. The van der Waals surface area contributed by atoms with E-state index in [0.717, 1.165) is 32.6 Å². The fraction of sp³-hybridized carbons (Fsp3) is 0.833. The standard InChI is InChI=1S/C12H24N4O2/c1-14(2)11(17)9-15(3)12(18)10-16-7-4-5-13-6-8-16/h13H,4-10H2,1-3H3. The highest BCUT2D eigenvalue weighted by atomic mass is 16.2. The molecule has 1 heterocycles. The van der Waals surface area contributed by atoms with Crippen LogP contribution in [-0.2, 0) is 9.59 Å². The molecule has 0 radical (unpaired) electrons. The highest BCUT2D eigenvalue weighted by molar-refractivity contribution is 5.85. The van der Waals surface area contributed by atoms with Crippen LogP contribution in [0.5, 0.6) is 0 Å². The number of nitrogens with one attached hydrogen (secondary N) is 1. The third-order valence-corrected chi connectivity index (χ3v) is 3.09. The van der Waals surface area contributed by atoms with Crippen LogP contribution in [0.3, 0.4) is 0 Å². The minimum Gasteiger partial charge on any atom is -0.347 e. The second-order valence-electron chi connectivity index (χ2n) is 4.92. The summed E-state index contributed by atoms with van der Waals surface area (Å²) < 4.78 is 0. The van der Waals surface area contributed by atoms with Crippen LogP contribution in [0.1, 0.15) is 6.42 Å². The van der Waals surface area contributed by atoms with Crippen molar-refractivity contribution in [1.82, 2.24) is 20.0 Å². The van der Waals surface area contributed by atoms with Gasteiger partial charge in [-0.15, -0.1) is 0 Å². The van der Waals surface area contributed by atoms with Crippen molar-refractivity contribution in [1.29, 1.82) is 0 Å². The van der Waals surface area contributed by atoms with Crippen LogP contribution in [0.15, 0.2) is 0 Å². The predicted octanol–water partition coefficient (Wildman–Crippen LogP) is -1.17. The molecule has 0 aromatic rings. The summed E-state index contributed by atoms with van der Waals surface area (Å²) in [6.45, 7) is 4.32. The maximum absolute atomic E-state index is 12.0. The maximum Gasteiger partial charge on any atom is 0.241 e. The zero-order valence-electron chi connectivity index (χ0n) is 11.6. The fourth-order valence-electron chi connectivity index (χ4n) is 1.80. The molecule has 0 bridgehead atoms. The molecule has 6 heteroatoms. The maximum atomic E-state index is 12.0. The third kappa shape index (κ3) is 5.01. The first-order valence-electron chi connectivity index (χ1n) is 6.38. The smallest absolute Gasteiger partial charge is 0.241 e. The third-order valence-electron chi connectivity index (χ3n) is 3.09. The molecule has 18 heavy (non-hydrogen) atoms. The first-order chi connectivity index (χ1) is 8.50. The molecule has 6 nitrogen and oxygen atoms in total. The Balaban J connectivity index is 2.36. The van der Waals surface area contributed by atoms with Crippen LogP contribution >= 0.6 is 0 Å². The topological polar surface area (TPSA) is 55.9 Å². The van der Waals surface area contributed by atoms with E-state index in [-0.39, 0.29) is 18.4 Å². The molecule has 0 aromatic carbocycles. The van der Waals surface area contributed by atoms with Crippen LogP contribution in [0.2, 0.25) is 0 Å². The van der Waals surface area contributed by atoms with Crippen molar-refractivity contribution in [2.75, 3.05) is 60.4 Å². The van der Waals surface area contributed by atoms with E-state index in [9.17, 15) is 9.59 Å². The highest BCUT2D eigenvalue weighted by Gasteiger charge is 2.18. The summed E-state index contributed by atoms with van der Waals surface area (Å²) in [5.74, 6) is -0.0458. The lowest BCUT2D eigenvalue weighted by Crippen LogP contribution is -2.43. The SMILES string of the molecule is CN(C)C(=O)CN(C)C(=O)CN1CCCNCC1. The van der Waals surface area contributed by atoms with E-state index in [0.29, 0.717) is 6.54 Å². The van der Waals surface area contributed by atoms with Gasteiger partial charge in [0.15, 0.2) is 0 Å². The Morgan fingerprint density at radius 1 is 1.11 bits per heavy atom. The molecule has 0 saturated carbocycles. The van der Waals surface area contributed by atoms with Gasteiger partial charge >= 0.3 is 0 Å². The molecule has 0 atom stereocenters. The van der Waals surface area contributed by atoms with E-state index in [1.165, 1.54) is 9.80 Å². The molecule has 1 saturated heterocycles.